The highest BCUT2D eigenvalue weighted by atomic mass is 79.9. The van der Waals surface area contributed by atoms with Crippen LogP contribution in [0.15, 0.2) is 22.7 Å². The smallest absolute Gasteiger partial charge is 0.369 e. The highest BCUT2D eigenvalue weighted by Gasteiger charge is 2.32. The van der Waals surface area contributed by atoms with E-state index in [9.17, 15) is 13.2 Å². The summed E-state index contributed by atoms with van der Waals surface area (Å²) in [5.74, 6) is 0. The monoisotopic (exact) mass is 365 g/mol. The molecule has 0 spiro atoms. The van der Waals surface area contributed by atoms with Crippen molar-refractivity contribution in [3.8, 4) is 0 Å². The molecule has 1 fully saturated rings. The fraction of sp³-hybridized carbons (Fsp3) is 0.571. The van der Waals surface area contributed by atoms with Crippen LogP contribution in [0, 0.1) is 0 Å². The van der Waals surface area contributed by atoms with Crippen LogP contribution in [-0.4, -0.2) is 50.8 Å². The van der Waals surface area contributed by atoms with Gasteiger partial charge in [-0.1, -0.05) is 22.0 Å². The number of hydrogen-bond acceptors (Lipinski definition) is 3. The van der Waals surface area contributed by atoms with Gasteiger partial charge in [0, 0.05) is 42.9 Å². The summed E-state index contributed by atoms with van der Waals surface area (Å²) in [6.07, 6.45) is -4.11. The lowest BCUT2D eigenvalue weighted by Crippen LogP contribution is -2.49. The first-order chi connectivity index (χ1) is 9.89. The van der Waals surface area contributed by atoms with Gasteiger partial charge in [-0.05, 0) is 24.7 Å². The molecule has 1 N–H and O–H groups in total. The lowest BCUT2D eigenvalue weighted by Gasteiger charge is -2.36. The first-order valence-corrected chi connectivity index (χ1v) is 7.65. The predicted octanol–water partition coefficient (Wildman–Crippen LogP) is 2.85. The van der Waals surface area contributed by atoms with Gasteiger partial charge in [-0.3, -0.25) is 4.90 Å². The normalized spacial score (nSPS) is 17.3. The Balaban J connectivity index is 1.94. The van der Waals surface area contributed by atoms with Gasteiger partial charge >= 0.3 is 6.18 Å². The summed E-state index contributed by atoms with van der Waals surface area (Å²) >= 11 is 3.54. The number of alkyl halides is 3. The van der Waals surface area contributed by atoms with E-state index in [1.807, 2.05) is 25.2 Å². The van der Waals surface area contributed by atoms with Gasteiger partial charge in [-0.15, -0.1) is 0 Å². The number of hydrogen-bond donors (Lipinski definition) is 1. The Bertz CT molecular complexity index is 471. The van der Waals surface area contributed by atoms with E-state index in [0.29, 0.717) is 26.2 Å². The Morgan fingerprint density at radius 1 is 1.19 bits per heavy atom. The molecule has 7 heteroatoms. The molecule has 1 heterocycles. The second kappa shape index (κ2) is 6.98. The van der Waals surface area contributed by atoms with E-state index in [-0.39, 0.29) is 0 Å². The van der Waals surface area contributed by atoms with E-state index >= 15 is 0 Å². The maximum absolute atomic E-state index is 12.4. The van der Waals surface area contributed by atoms with Gasteiger partial charge in [0.05, 0.1) is 6.54 Å². The molecule has 1 aliphatic heterocycles. The Morgan fingerprint density at radius 3 is 2.38 bits per heavy atom. The lowest BCUT2D eigenvalue weighted by molar-refractivity contribution is -0.146. The Morgan fingerprint density at radius 2 is 1.86 bits per heavy atom. The molecule has 118 valence electrons. The van der Waals surface area contributed by atoms with Gasteiger partial charge in [0.25, 0.3) is 0 Å². The fourth-order valence-corrected chi connectivity index (χ4v) is 2.99. The molecule has 0 atom stereocenters. The van der Waals surface area contributed by atoms with Crippen molar-refractivity contribution in [2.24, 2.45) is 0 Å². The van der Waals surface area contributed by atoms with Gasteiger partial charge in [-0.25, -0.2) is 0 Å². The first kappa shape index (κ1) is 16.6. The topological polar surface area (TPSA) is 18.5 Å². The van der Waals surface area contributed by atoms with Crippen molar-refractivity contribution in [3.05, 3.63) is 28.2 Å². The Labute approximate surface area is 131 Å². The van der Waals surface area contributed by atoms with E-state index < -0.39 is 12.7 Å². The van der Waals surface area contributed by atoms with Crippen molar-refractivity contribution in [3.63, 3.8) is 0 Å². The summed E-state index contributed by atoms with van der Waals surface area (Å²) in [7, 11) is 1.89. The summed E-state index contributed by atoms with van der Waals surface area (Å²) in [5, 5.41) is 3.09. The van der Waals surface area contributed by atoms with Gasteiger partial charge in [0.15, 0.2) is 0 Å². The van der Waals surface area contributed by atoms with Crippen molar-refractivity contribution in [1.82, 2.24) is 10.2 Å². The molecule has 0 saturated carbocycles. The molecule has 1 aromatic rings. The Hall–Kier alpha value is -0.790. The van der Waals surface area contributed by atoms with Crippen molar-refractivity contribution < 1.29 is 13.2 Å². The molecule has 21 heavy (non-hydrogen) atoms. The number of nitrogens with zero attached hydrogens (tertiary/aromatic N) is 2. The largest absolute Gasteiger partial charge is 0.401 e. The van der Waals surface area contributed by atoms with Crippen LogP contribution in [0.3, 0.4) is 0 Å². The number of rotatable bonds is 4. The second-order valence-electron chi connectivity index (χ2n) is 5.18. The molecule has 3 nitrogen and oxygen atoms in total. The highest BCUT2D eigenvalue weighted by molar-refractivity contribution is 9.10. The van der Waals surface area contributed by atoms with Crippen LogP contribution in [0.5, 0.6) is 0 Å². The minimum Gasteiger partial charge on any atom is -0.369 e. The van der Waals surface area contributed by atoms with Crippen molar-refractivity contribution >= 4 is 21.6 Å². The van der Waals surface area contributed by atoms with Crippen LogP contribution < -0.4 is 10.2 Å². The average molecular weight is 366 g/mol. The summed E-state index contributed by atoms with van der Waals surface area (Å²) < 4.78 is 38.1. The maximum Gasteiger partial charge on any atom is 0.401 e. The molecule has 0 radical (unpaired) electrons. The summed E-state index contributed by atoms with van der Waals surface area (Å²) in [6.45, 7) is 2.08. The molecule has 0 aromatic heterocycles. The van der Waals surface area contributed by atoms with E-state index in [1.54, 1.807) is 0 Å². The summed E-state index contributed by atoms with van der Waals surface area (Å²) in [5.41, 5.74) is 2.21. The van der Waals surface area contributed by atoms with Crippen molar-refractivity contribution in [2.45, 2.75) is 12.7 Å². The van der Waals surface area contributed by atoms with E-state index in [0.717, 1.165) is 22.3 Å². The SMILES string of the molecule is CNCc1ccc(N2CCN(CC(F)(F)F)CC2)cc1Br. The zero-order chi connectivity index (χ0) is 15.5. The molecule has 0 amide bonds. The average Bonchev–Trinajstić information content (AvgIpc) is 2.40. The van der Waals surface area contributed by atoms with Crippen LogP contribution in [0.2, 0.25) is 0 Å². The number of anilines is 1. The number of halogens is 4. The fourth-order valence-electron chi connectivity index (χ4n) is 2.48. The molecule has 1 aromatic carbocycles. The Kier molecular flexibility index (Phi) is 5.51. The van der Waals surface area contributed by atoms with Crippen LogP contribution in [0.1, 0.15) is 5.56 Å². The van der Waals surface area contributed by atoms with Crippen molar-refractivity contribution in [2.75, 3.05) is 44.7 Å². The van der Waals surface area contributed by atoms with Crippen LogP contribution in [0.25, 0.3) is 0 Å². The molecule has 2 rings (SSSR count). The van der Waals surface area contributed by atoms with Crippen LogP contribution in [-0.2, 0) is 6.54 Å². The zero-order valence-electron chi connectivity index (χ0n) is 11.9. The van der Waals surface area contributed by atoms with E-state index in [4.69, 9.17) is 0 Å². The van der Waals surface area contributed by atoms with Crippen molar-refractivity contribution in [1.29, 1.82) is 0 Å². The summed E-state index contributed by atoms with van der Waals surface area (Å²) in [6, 6.07) is 6.10. The lowest BCUT2D eigenvalue weighted by atomic mass is 10.1. The molecular formula is C14H19BrF3N3. The molecular weight excluding hydrogens is 347 g/mol. The molecule has 1 saturated heterocycles. The first-order valence-electron chi connectivity index (χ1n) is 6.86. The van der Waals surface area contributed by atoms with E-state index in [2.05, 4.69) is 26.1 Å². The number of piperazine rings is 1. The number of nitrogens with one attached hydrogen (secondary N) is 1. The van der Waals surface area contributed by atoms with Gasteiger partial charge in [-0.2, -0.15) is 13.2 Å². The number of benzene rings is 1. The second-order valence-corrected chi connectivity index (χ2v) is 6.04. The third-order valence-corrected chi connectivity index (χ3v) is 4.28. The highest BCUT2D eigenvalue weighted by Crippen LogP contribution is 2.25. The van der Waals surface area contributed by atoms with Crippen LogP contribution in [0.4, 0.5) is 18.9 Å². The quantitative estimate of drug-likeness (QED) is 0.884. The molecule has 1 aliphatic rings. The van der Waals surface area contributed by atoms with Gasteiger partial charge in [0.1, 0.15) is 0 Å². The van der Waals surface area contributed by atoms with Crippen LogP contribution >= 0.6 is 15.9 Å². The van der Waals surface area contributed by atoms with Gasteiger partial charge < -0.3 is 10.2 Å². The maximum atomic E-state index is 12.4. The standard InChI is InChI=1S/C14H19BrF3N3/c1-19-9-11-2-3-12(8-13(11)15)21-6-4-20(5-7-21)10-14(16,17)18/h2-3,8,19H,4-7,9-10H2,1H3. The zero-order valence-corrected chi connectivity index (χ0v) is 13.5. The summed E-state index contributed by atoms with van der Waals surface area (Å²) in [4.78, 5) is 3.59. The third kappa shape index (κ3) is 4.86. The molecule has 0 bridgehead atoms. The molecule has 0 unspecified atom stereocenters. The minimum absolute atomic E-state index is 0.440. The van der Waals surface area contributed by atoms with Gasteiger partial charge in [0.2, 0.25) is 0 Å². The predicted molar refractivity (Wildman–Crippen MR) is 81.6 cm³/mol. The molecule has 0 aliphatic carbocycles. The third-order valence-electron chi connectivity index (χ3n) is 3.54. The minimum atomic E-state index is -4.11. The van der Waals surface area contributed by atoms with E-state index in [1.165, 1.54) is 4.90 Å².